The summed E-state index contributed by atoms with van der Waals surface area (Å²) in [5.74, 6) is 0.487. The average Bonchev–Trinajstić information content (AvgIpc) is 3.14. The predicted octanol–water partition coefficient (Wildman–Crippen LogP) is 2.58. The minimum atomic E-state index is -0.0188. The lowest BCUT2D eigenvalue weighted by Gasteiger charge is -2.17. The molecule has 0 radical (unpaired) electrons. The van der Waals surface area contributed by atoms with Crippen LogP contribution in [0.2, 0.25) is 0 Å². The fraction of sp³-hybridized carbons (Fsp3) is 0.182. The Bertz CT molecular complexity index is 1200. The number of ketones is 1. The summed E-state index contributed by atoms with van der Waals surface area (Å²) in [6.45, 7) is 0.393. The molecule has 144 valence electrons. The minimum Gasteiger partial charge on any atom is -0.495 e. The van der Waals surface area contributed by atoms with Gasteiger partial charge in [0.15, 0.2) is 5.78 Å². The number of aromatic nitrogens is 2. The molecule has 7 heteroatoms. The molecule has 29 heavy (non-hydrogen) atoms. The van der Waals surface area contributed by atoms with Gasteiger partial charge in [-0.25, -0.2) is 0 Å². The highest BCUT2D eigenvalue weighted by Crippen LogP contribution is 2.37. The molecule has 2 aromatic carbocycles. The fourth-order valence-corrected chi connectivity index (χ4v) is 3.69. The van der Waals surface area contributed by atoms with Crippen LogP contribution in [0.4, 0.5) is 0 Å². The Balaban J connectivity index is 1.93. The highest BCUT2D eigenvalue weighted by atomic mass is 16.5. The number of methoxy groups -OCH3 is 1. The van der Waals surface area contributed by atoms with E-state index in [2.05, 4.69) is 16.2 Å². The van der Waals surface area contributed by atoms with Crippen molar-refractivity contribution in [3.63, 3.8) is 0 Å². The number of hydrogen-bond acceptors (Lipinski definition) is 6. The van der Waals surface area contributed by atoms with Gasteiger partial charge >= 0.3 is 0 Å². The molecule has 2 N–H and O–H groups in total. The summed E-state index contributed by atoms with van der Waals surface area (Å²) in [4.78, 5) is 16.5. The van der Waals surface area contributed by atoms with Gasteiger partial charge in [0.25, 0.3) is 0 Å². The zero-order chi connectivity index (χ0) is 20.5. The maximum absolute atomic E-state index is 12.2. The number of aliphatic imine (C=N–C) groups is 1. The maximum Gasteiger partial charge on any atom is 0.184 e. The summed E-state index contributed by atoms with van der Waals surface area (Å²) in [7, 11) is 3.37. The van der Waals surface area contributed by atoms with Crippen molar-refractivity contribution in [3.05, 3.63) is 59.3 Å². The first-order valence-electron chi connectivity index (χ1n) is 9.10. The molecular formula is C22H19N5O2. The van der Waals surface area contributed by atoms with Crippen LogP contribution in [0.15, 0.2) is 47.6 Å². The quantitative estimate of drug-likeness (QED) is 0.743. The lowest BCUT2D eigenvalue weighted by molar-refractivity contribution is 0.1000. The summed E-state index contributed by atoms with van der Waals surface area (Å²) >= 11 is 0. The smallest absolute Gasteiger partial charge is 0.184 e. The van der Waals surface area contributed by atoms with E-state index >= 15 is 0 Å². The third-order valence-corrected chi connectivity index (χ3v) is 5.10. The molecular weight excluding hydrogens is 366 g/mol. The zero-order valence-electron chi connectivity index (χ0n) is 16.1. The maximum atomic E-state index is 12.2. The SMILES string of the molecule is COc1cccc(-c2c(-c3ccc4c(c3)C(CN)=NCC4=O)cnn2C)c1C#N. The van der Waals surface area contributed by atoms with E-state index in [1.54, 1.807) is 16.9 Å². The molecule has 0 bridgehead atoms. The second kappa shape index (κ2) is 7.34. The van der Waals surface area contributed by atoms with E-state index in [0.29, 0.717) is 22.6 Å². The predicted molar refractivity (Wildman–Crippen MR) is 110 cm³/mol. The van der Waals surface area contributed by atoms with Crippen LogP contribution in [-0.2, 0) is 7.05 Å². The normalized spacial score (nSPS) is 12.9. The number of Topliss-reactive ketones (excluding diaryl/α,β-unsaturated/α-hetero) is 1. The molecule has 0 saturated carbocycles. The summed E-state index contributed by atoms with van der Waals surface area (Å²) in [5, 5.41) is 14.1. The average molecular weight is 385 g/mol. The molecule has 0 fully saturated rings. The number of carbonyl (C=O) groups is 1. The Morgan fingerprint density at radius 2 is 2.03 bits per heavy atom. The van der Waals surface area contributed by atoms with E-state index in [4.69, 9.17) is 10.5 Å². The summed E-state index contributed by atoms with van der Waals surface area (Å²) < 4.78 is 7.09. The lowest BCUT2D eigenvalue weighted by Crippen LogP contribution is -2.24. The van der Waals surface area contributed by atoms with Gasteiger partial charge in [-0.15, -0.1) is 0 Å². The van der Waals surface area contributed by atoms with Crippen molar-refractivity contribution in [1.82, 2.24) is 9.78 Å². The van der Waals surface area contributed by atoms with Gasteiger partial charge in [0, 0.05) is 35.8 Å². The van der Waals surface area contributed by atoms with Crippen molar-refractivity contribution in [3.8, 4) is 34.2 Å². The second-order valence-electron chi connectivity index (χ2n) is 6.68. The van der Waals surface area contributed by atoms with Gasteiger partial charge in [-0.3, -0.25) is 14.5 Å². The van der Waals surface area contributed by atoms with Crippen LogP contribution in [0.5, 0.6) is 5.75 Å². The van der Waals surface area contributed by atoms with Crippen LogP contribution in [0, 0.1) is 11.3 Å². The molecule has 1 aliphatic rings. The highest BCUT2D eigenvalue weighted by molar-refractivity contribution is 6.16. The molecule has 0 atom stereocenters. The summed E-state index contributed by atoms with van der Waals surface area (Å²) in [6.07, 6.45) is 1.75. The van der Waals surface area contributed by atoms with E-state index in [9.17, 15) is 10.1 Å². The van der Waals surface area contributed by atoms with Crippen molar-refractivity contribution in [2.75, 3.05) is 20.2 Å². The summed E-state index contributed by atoms with van der Waals surface area (Å²) in [6, 6.07) is 13.3. The Morgan fingerprint density at radius 1 is 1.21 bits per heavy atom. The van der Waals surface area contributed by atoms with Crippen LogP contribution in [0.25, 0.3) is 22.4 Å². The lowest BCUT2D eigenvalue weighted by atomic mass is 9.91. The number of aryl methyl sites for hydroxylation is 1. The molecule has 4 rings (SSSR count). The largest absolute Gasteiger partial charge is 0.495 e. The molecule has 1 aromatic heterocycles. The van der Waals surface area contributed by atoms with Gasteiger partial charge in [-0.2, -0.15) is 10.4 Å². The van der Waals surface area contributed by atoms with Crippen LogP contribution >= 0.6 is 0 Å². The van der Waals surface area contributed by atoms with Gasteiger partial charge < -0.3 is 10.5 Å². The van der Waals surface area contributed by atoms with Gasteiger partial charge in [-0.1, -0.05) is 24.3 Å². The number of rotatable bonds is 4. The van der Waals surface area contributed by atoms with Crippen LogP contribution in [0.1, 0.15) is 21.5 Å². The van der Waals surface area contributed by atoms with Crippen molar-refractivity contribution in [2.45, 2.75) is 0 Å². The first kappa shape index (κ1) is 18.6. The fourth-order valence-electron chi connectivity index (χ4n) is 3.69. The molecule has 1 aliphatic heterocycles. The van der Waals surface area contributed by atoms with Crippen LogP contribution in [-0.4, -0.2) is 41.5 Å². The van der Waals surface area contributed by atoms with Gasteiger partial charge in [0.2, 0.25) is 0 Å². The molecule has 2 heterocycles. The zero-order valence-corrected chi connectivity index (χ0v) is 16.1. The van der Waals surface area contributed by atoms with Gasteiger partial charge in [0.05, 0.1) is 24.7 Å². The summed E-state index contributed by atoms with van der Waals surface area (Å²) in [5.41, 5.74) is 11.6. The topological polar surface area (TPSA) is 106 Å². The third-order valence-electron chi connectivity index (χ3n) is 5.10. The van der Waals surface area contributed by atoms with E-state index in [1.165, 1.54) is 7.11 Å². The monoisotopic (exact) mass is 385 g/mol. The van der Waals surface area contributed by atoms with E-state index < -0.39 is 0 Å². The Labute approximate surface area is 168 Å². The number of nitrogens with zero attached hydrogens (tertiary/aromatic N) is 4. The third kappa shape index (κ3) is 3.00. The number of benzene rings is 2. The Morgan fingerprint density at radius 3 is 2.76 bits per heavy atom. The number of nitrogens with two attached hydrogens (primary N) is 1. The Kier molecular flexibility index (Phi) is 4.71. The number of nitriles is 1. The highest BCUT2D eigenvalue weighted by Gasteiger charge is 2.23. The number of carbonyl (C=O) groups excluding carboxylic acids is 1. The number of fused-ring (bicyclic) bond motifs is 1. The molecule has 0 spiro atoms. The standard InChI is InChI=1S/C22H19N5O2/c1-27-22(15-4-3-5-21(29-2)17(15)9-23)18(11-26-27)13-6-7-14-16(8-13)19(10-24)25-12-20(14)28/h3-8,11H,10,12,24H2,1-2H3. The van der Waals surface area contributed by atoms with Crippen LogP contribution < -0.4 is 10.5 Å². The number of ether oxygens (including phenoxy) is 1. The molecule has 0 amide bonds. The first-order chi connectivity index (χ1) is 14.1. The van der Waals surface area contributed by atoms with E-state index in [1.807, 2.05) is 37.4 Å². The molecule has 0 aliphatic carbocycles. The van der Waals surface area contributed by atoms with Crippen molar-refractivity contribution in [2.24, 2.45) is 17.8 Å². The first-order valence-corrected chi connectivity index (χ1v) is 9.10. The van der Waals surface area contributed by atoms with Gasteiger partial charge in [-0.05, 0) is 17.7 Å². The minimum absolute atomic E-state index is 0.0188. The van der Waals surface area contributed by atoms with E-state index in [0.717, 1.165) is 27.9 Å². The van der Waals surface area contributed by atoms with Crippen molar-refractivity contribution < 1.29 is 9.53 Å². The van der Waals surface area contributed by atoms with Gasteiger partial charge in [0.1, 0.15) is 23.9 Å². The second-order valence-corrected chi connectivity index (χ2v) is 6.68. The van der Waals surface area contributed by atoms with Crippen molar-refractivity contribution >= 4 is 11.5 Å². The molecule has 7 nitrogen and oxygen atoms in total. The number of hydrogen-bond donors (Lipinski definition) is 1. The molecule has 0 unspecified atom stereocenters. The van der Waals surface area contributed by atoms with E-state index in [-0.39, 0.29) is 18.9 Å². The van der Waals surface area contributed by atoms with Crippen LogP contribution in [0.3, 0.4) is 0 Å². The molecule has 0 saturated heterocycles. The molecule has 3 aromatic rings. The Hall–Kier alpha value is -3.76. The van der Waals surface area contributed by atoms with Crippen molar-refractivity contribution in [1.29, 1.82) is 5.26 Å².